The van der Waals surface area contributed by atoms with E-state index in [1.807, 2.05) is 0 Å². The van der Waals surface area contributed by atoms with Gasteiger partial charge < -0.3 is 0 Å². The highest BCUT2D eigenvalue weighted by Crippen LogP contribution is 2.09. The summed E-state index contributed by atoms with van der Waals surface area (Å²) in [6.45, 7) is 6.17. The lowest BCUT2D eigenvalue weighted by Gasteiger charge is -2.01. The molecule has 0 nitrogen and oxygen atoms in total. The average Bonchev–Trinajstić information content (AvgIpc) is 2.13. The van der Waals surface area contributed by atoms with Crippen LogP contribution in [0.1, 0.15) is 43.7 Å². The lowest BCUT2D eigenvalue weighted by Crippen LogP contribution is -1.86. The van der Waals surface area contributed by atoms with Gasteiger partial charge in [-0.05, 0) is 30.9 Å². The van der Waals surface area contributed by atoms with Crippen molar-refractivity contribution in [1.29, 1.82) is 0 Å². The maximum absolute atomic E-state index is 3.93. The van der Waals surface area contributed by atoms with Crippen molar-refractivity contribution in [3.05, 3.63) is 42.3 Å². The largest absolute Gasteiger partial charge is 0.0654 e. The Morgan fingerprint density at radius 1 is 1.15 bits per heavy atom. The molecule has 0 unspecified atom stereocenters. The fourth-order valence-electron chi connectivity index (χ4n) is 1.54. The summed E-state index contributed by atoms with van der Waals surface area (Å²) in [5, 5.41) is 0. The van der Waals surface area contributed by atoms with Crippen LogP contribution in [0.15, 0.2) is 24.3 Å². The van der Waals surface area contributed by atoms with Crippen LogP contribution in [0.4, 0.5) is 0 Å². The lowest BCUT2D eigenvalue weighted by atomic mass is 10.0. The van der Waals surface area contributed by atoms with Crippen LogP contribution in [0.2, 0.25) is 0 Å². The van der Waals surface area contributed by atoms with Crippen LogP contribution >= 0.6 is 0 Å². The van der Waals surface area contributed by atoms with Gasteiger partial charge in [-0.1, -0.05) is 50.5 Å². The van der Waals surface area contributed by atoms with Gasteiger partial charge in [-0.25, -0.2) is 0 Å². The highest BCUT2D eigenvalue weighted by Gasteiger charge is 1.93. The highest BCUT2D eigenvalue weighted by atomic mass is 14.0. The van der Waals surface area contributed by atoms with E-state index in [1.165, 1.54) is 37.7 Å². The molecule has 0 spiro atoms. The first-order chi connectivity index (χ1) is 6.33. The molecule has 0 heterocycles. The summed E-state index contributed by atoms with van der Waals surface area (Å²) >= 11 is 0. The molecule has 0 fully saturated rings. The van der Waals surface area contributed by atoms with Crippen LogP contribution in [0.3, 0.4) is 0 Å². The second-order valence-corrected chi connectivity index (χ2v) is 3.63. The summed E-state index contributed by atoms with van der Waals surface area (Å²) in [7, 11) is 0. The minimum Gasteiger partial charge on any atom is -0.0654 e. The van der Waals surface area contributed by atoms with Crippen molar-refractivity contribution in [2.45, 2.75) is 39.0 Å². The monoisotopic (exact) mass is 175 g/mol. The zero-order chi connectivity index (χ0) is 9.52. The third-order valence-electron chi connectivity index (χ3n) is 2.31. The molecule has 1 aromatic rings. The number of hydrogen-bond acceptors (Lipinski definition) is 0. The molecular formula is C13H19. The molecule has 0 bridgehead atoms. The minimum atomic E-state index is 1.13. The molecule has 0 amide bonds. The van der Waals surface area contributed by atoms with E-state index in [-0.39, 0.29) is 0 Å². The summed E-state index contributed by atoms with van der Waals surface area (Å²) in [5.41, 5.74) is 2.57. The van der Waals surface area contributed by atoms with Gasteiger partial charge in [0.1, 0.15) is 0 Å². The standard InChI is InChI=1S/C13H19/c1-3-4-5-6-9-13-10-7-8-12(2)11-13/h7-8,10-11H,2-6,9H2,1H3. The van der Waals surface area contributed by atoms with Crippen molar-refractivity contribution in [1.82, 2.24) is 0 Å². The SMILES string of the molecule is [CH2]c1cccc(CCCCCC)c1. The summed E-state index contributed by atoms with van der Waals surface area (Å²) < 4.78 is 0. The third kappa shape index (κ3) is 4.12. The first-order valence-corrected chi connectivity index (χ1v) is 5.24. The Labute approximate surface area is 82.0 Å². The van der Waals surface area contributed by atoms with E-state index >= 15 is 0 Å². The number of unbranched alkanes of at least 4 members (excludes halogenated alkanes) is 3. The third-order valence-corrected chi connectivity index (χ3v) is 2.31. The van der Waals surface area contributed by atoms with Crippen molar-refractivity contribution < 1.29 is 0 Å². The van der Waals surface area contributed by atoms with Crippen molar-refractivity contribution >= 4 is 0 Å². The quantitative estimate of drug-likeness (QED) is 0.593. The Hall–Kier alpha value is -0.780. The number of rotatable bonds is 5. The Kier molecular flexibility index (Phi) is 4.59. The number of hydrogen-bond donors (Lipinski definition) is 0. The van der Waals surface area contributed by atoms with E-state index in [9.17, 15) is 0 Å². The predicted molar refractivity (Wildman–Crippen MR) is 58.7 cm³/mol. The molecule has 1 aromatic carbocycles. The summed E-state index contributed by atoms with van der Waals surface area (Å²) in [6.07, 6.45) is 6.57. The fourth-order valence-corrected chi connectivity index (χ4v) is 1.54. The normalized spacial score (nSPS) is 10.3. The van der Waals surface area contributed by atoms with E-state index < -0.39 is 0 Å². The van der Waals surface area contributed by atoms with Gasteiger partial charge in [0, 0.05) is 0 Å². The van der Waals surface area contributed by atoms with Gasteiger partial charge in [-0.2, -0.15) is 0 Å². The maximum Gasteiger partial charge on any atom is -0.0238 e. The Bertz CT molecular complexity index is 238. The molecule has 0 saturated heterocycles. The maximum atomic E-state index is 3.93. The van der Waals surface area contributed by atoms with Gasteiger partial charge in [0.2, 0.25) is 0 Å². The van der Waals surface area contributed by atoms with Gasteiger partial charge in [0.25, 0.3) is 0 Å². The molecule has 71 valence electrons. The molecule has 0 aliphatic carbocycles. The van der Waals surface area contributed by atoms with Gasteiger partial charge in [-0.3, -0.25) is 0 Å². The smallest absolute Gasteiger partial charge is 0.0238 e. The molecule has 0 saturated carbocycles. The van der Waals surface area contributed by atoms with Crippen molar-refractivity contribution in [2.75, 3.05) is 0 Å². The molecule has 0 N–H and O–H groups in total. The van der Waals surface area contributed by atoms with Crippen LogP contribution in [0, 0.1) is 6.92 Å². The van der Waals surface area contributed by atoms with E-state index in [0.29, 0.717) is 0 Å². The molecule has 0 aliphatic heterocycles. The van der Waals surface area contributed by atoms with Crippen molar-refractivity contribution in [3.8, 4) is 0 Å². The topological polar surface area (TPSA) is 0 Å². The van der Waals surface area contributed by atoms with Crippen LogP contribution in [-0.2, 0) is 6.42 Å². The first kappa shape index (κ1) is 10.3. The Balaban J connectivity index is 2.28. The fraction of sp³-hybridized carbons (Fsp3) is 0.462. The second-order valence-electron chi connectivity index (χ2n) is 3.63. The molecule has 13 heavy (non-hydrogen) atoms. The van der Waals surface area contributed by atoms with Crippen LogP contribution in [0.5, 0.6) is 0 Å². The van der Waals surface area contributed by atoms with Gasteiger partial charge in [0.15, 0.2) is 0 Å². The molecular weight excluding hydrogens is 156 g/mol. The molecule has 0 heteroatoms. The molecule has 0 aromatic heterocycles. The van der Waals surface area contributed by atoms with Crippen LogP contribution in [0.25, 0.3) is 0 Å². The Morgan fingerprint density at radius 3 is 2.69 bits per heavy atom. The summed E-state index contributed by atoms with van der Waals surface area (Å²) in [4.78, 5) is 0. The minimum absolute atomic E-state index is 1.13. The van der Waals surface area contributed by atoms with E-state index in [1.54, 1.807) is 0 Å². The number of aryl methyl sites for hydroxylation is 1. The van der Waals surface area contributed by atoms with E-state index in [0.717, 1.165) is 5.56 Å². The molecule has 1 radical (unpaired) electrons. The average molecular weight is 175 g/mol. The van der Waals surface area contributed by atoms with E-state index in [2.05, 4.69) is 38.1 Å². The van der Waals surface area contributed by atoms with E-state index in [4.69, 9.17) is 0 Å². The predicted octanol–water partition coefficient (Wildman–Crippen LogP) is 3.99. The highest BCUT2D eigenvalue weighted by molar-refractivity contribution is 5.25. The van der Waals surface area contributed by atoms with Crippen LogP contribution in [-0.4, -0.2) is 0 Å². The van der Waals surface area contributed by atoms with Crippen molar-refractivity contribution in [3.63, 3.8) is 0 Å². The summed E-state index contributed by atoms with van der Waals surface area (Å²) in [6, 6.07) is 8.53. The lowest BCUT2D eigenvalue weighted by molar-refractivity contribution is 0.667. The first-order valence-electron chi connectivity index (χ1n) is 5.24. The summed E-state index contributed by atoms with van der Waals surface area (Å²) in [5.74, 6) is 0. The molecule has 1 rings (SSSR count). The zero-order valence-corrected chi connectivity index (χ0v) is 8.55. The van der Waals surface area contributed by atoms with Crippen LogP contribution < -0.4 is 0 Å². The van der Waals surface area contributed by atoms with Gasteiger partial charge >= 0.3 is 0 Å². The molecule has 0 aliphatic rings. The second kappa shape index (κ2) is 5.80. The molecule has 0 atom stereocenters. The zero-order valence-electron chi connectivity index (χ0n) is 8.55. The number of benzene rings is 1. The van der Waals surface area contributed by atoms with Gasteiger partial charge in [0.05, 0.1) is 0 Å². The Morgan fingerprint density at radius 2 is 2.00 bits per heavy atom. The van der Waals surface area contributed by atoms with Gasteiger partial charge in [-0.15, -0.1) is 0 Å². The van der Waals surface area contributed by atoms with Crippen molar-refractivity contribution in [2.24, 2.45) is 0 Å².